The fourth-order valence-electron chi connectivity index (χ4n) is 6.14. The highest BCUT2D eigenvalue weighted by atomic mass is 16.2. The topological polar surface area (TPSA) is 86.9 Å². The van der Waals surface area contributed by atoms with E-state index in [1.54, 1.807) is 0 Å². The number of nitrogens with one attached hydrogen (secondary N) is 3. The minimum absolute atomic E-state index is 0.0180. The number of hydrogen-bond donors (Lipinski definition) is 3. The second-order valence-electron chi connectivity index (χ2n) is 10.1. The molecule has 2 amide bonds. The Morgan fingerprint density at radius 2 is 1.76 bits per heavy atom. The van der Waals surface area contributed by atoms with E-state index in [9.17, 15) is 9.59 Å². The zero-order chi connectivity index (χ0) is 22.4. The predicted molar refractivity (Wildman–Crippen MR) is 129 cm³/mol. The molecule has 0 spiro atoms. The number of aromatic nitrogens is 2. The number of amides is 2. The summed E-state index contributed by atoms with van der Waals surface area (Å²) in [5.74, 6) is 2.42. The fourth-order valence-corrected chi connectivity index (χ4v) is 6.14. The van der Waals surface area contributed by atoms with Crippen molar-refractivity contribution in [2.45, 2.75) is 57.4 Å². The van der Waals surface area contributed by atoms with Crippen LogP contribution in [0.2, 0.25) is 0 Å². The van der Waals surface area contributed by atoms with Gasteiger partial charge < -0.3 is 15.6 Å². The normalized spacial score (nSPS) is 24.4. The standard InChI is InChI=1S/C27H30N4O2/c32-26(28-20-3-1-2-4-20)19-9-12-23-24(15-19)31-25(30-23)17-7-10-21(11-8-17)29-27(33)22-14-16-5-6-18(22)13-16/h7-12,15-16,18,20,22H,1-6,13-14H2,(H,28,32)(H,29,33)(H,30,31). The third-order valence-electron chi connectivity index (χ3n) is 7.94. The van der Waals surface area contributed by atoms with Gasteiger partial charge in [-0.2, -0.15) is 0 Å². The van der Waals surface area contributed by atoms with Gasteiger partial charge in [-0.05, 0) is 86.4 Å². The van der Waals surface area contributed by atoms with Crippen molar-refractivity contribution in [1.82, 2.24) is 15.3 Å². The molecule has 0 radical (unpaired) electrons. The van der Waals surface area contributed by atoms with Gasteiger partial charge in [0.15, 0.2) is 0 Å². The van der Waals surface area contributed by atoms with E-state index in [0.29, 0.717) is 17.5 Å². The Balaban J connectivity index is 1.14. The maximum Gasteiger partial charge on any atom is 0.251 e. The molecule has 6 heteroatoms. The Morgan fingerprint density at radius 3 is 2.48 bits per heavy atom. The molecular formula is C27H30N4O2. The van der Waals surface area contributed by atoms with Gasteiger partial charge in [-0.15, -0.1) is 0 Å². The summed E-state index contributed by atoms with van der Waals surface area (Å²) in [6.07, 6.45) is 9.31. The van der Waals surface area contributed by atoms with Crippen molar-refractivity contribution >= 4 is 28.5 Å². The van der Waals surface area contributed by atoms with Crippen LogP contribution in [0.3, 0.4) is 0 Å². The van der Waals surface area contributed by atoms with E-state index in [4.69, 9.17) is 4.98 Å². The number of rotatable bonds is 5. The molecule has 3 atom stereocenters. The van der Waals surface area contributed by atoms with Crippen molar-refractivity contribution in [3.8, 4) is 11.4 Å². The van der Waals surface area contributed by atoms with Gasteiger partial charge in [0.2, 0.25) is 5.91 Å². The number of imidazole rings is 1. The first-order valence-electron chi connectivity index (χ1n) is 12.3. The van der Waals surface area contributed by atoms with Gasteiger partial charge in [0.1, 0.15) is 5.82 Å². The monoisotopic (exact) mass is 442 g/mol. The van der Waals surface area contributed by atoms with Crippen molar-refractivity contribution in [2.75, 3.05) is 5.32 Å². The average Bonchev–Trinajstić information content (AvgIpc) is 3.63. The van der Waals surface area contributed by atoms with Crippen molar-refractivity contribution in [2.24, 2.45) is 17.8 Å². The third-order valence-corrected chi connectivity index (χ3v) is 7.94. The molecule has 1 heterocycles. The molecule has 0 aliphatic heterocycles. The van der Waals surface area contributed by atoms with Crippen LogP contribution < -0.4 is 10.6 Å². The first-order valence-corrected chi connectivity index (χ1v) is 12.3. The number of carbonyl (C=O) groups excluding carboxylic acids is 2. The molecule has 2 aromatic carbocycles. The molecule has 2 bridgehead atoms. The fraction of sp³-hybridized carbons (Fsp3) is 0.444. The van der Waals surface area contributed by atoms with Crippen molar-refractivity contribution in [3.05, 3.63) is 48.0 Å². The number of carbonyl (C=O) groups is 2. The van der Waals surface area contributed by atoms with Crippen LogP contribution in [-0.2, 0) is 4.79 Å². The first-order chi connectivity index (χ1) is 16.1. The number of nitrogens with zero attached hydrogens (tertiary/aromatic N) is 1. The molecule has 0 saturated heterocycles. The van der Waals surface area contributed by atoms with Gasteiger partial charge in [0.05, 0.1) is 11.0 Å². The molecule has 3 fully saturated rings. The zero-order valence-corrected chi connectivity index (χ0v) is 18.8. The summed E-state index contributed by atoms with van der Waals surface area (Å²) < 4.78 is 0. The third kappa shape index (κ3) is 4.03. The van der Waals surface area contributed by atoms with Crippen molar-refractivity contribution in [1.29, 1.82) is 0 Å². The minimum atomic E-state index is -0.0180. The first kappa shape index (κ1) is 20.5. The van der Waals surface area contributed by atoms with E-state index in [0.717, 1.165) is 53.3 Å². The summed E-state index contributed by atoms with van der Waals surface area (Å²) in [6.45, 7) is 0. The summed E-state index contributed by atoms with van der Waals surface area (Å²) in [7, 11) is 0. The van der Waals surface area contributed by atoms with Crippen LogP contribution in [0.25, 0.3) is 22.4 Å². The number of fused-ring (bicyclic) bond motifs is 3. The van der Waals surface area contributed by atoms with Gasteiger partial charge >= 0.3 is 0 Å². The van der Waals surface area contributed by atoms with E-state index in [1.807, 2.05) is 42.5 Å². The maximum absolute atomic E-state index is 12.7. The van der Waals surface area contributed by atoms with E-state index < -0.39 is 0 Å². The Kier molecular flexibility index (Phi) is 5.16. The second-order valence-corrected chi connectivity index (χ2v) is 10.1. The lowest BCUT2D eigenvalue weighted by Gasteiger charge is -2.20. The smallest absolute Gasteiger partial charge is 0.251 e. The number of hydrogen-bond acceptors (Lipinski definition) is 3. The van der Waals surface area contributed by atoms with Gasteiger partial charge in [0.25, 0.3) is 5.91 Å². The molecule has 1 aromatic heterocycles. The number of H-pyrrole nitrogens is 1. The van der Waals surface area contributed by atoms with Crippen LogP contribution in [-0.4, -0.2) is 27.8 Å². The van der Waals surface area contributed by atoms with E-state index in [-0.39, 0.29) is 17.7 Å². The maximum atomic E-state index is 12.7. The number of anilines is 1. The second kappa shape index (κ2) is 8.32. The Labute approximate surface area is 193 Å². The lowest BCUT2D eigenvalue weighted by molar-refractivity contribution is -0.121. The quantitative estimate of drug-likeness (QED) is 0.503. The average molecular weight is 443 g/mol. The highest BCUT2D eigenvalue weighted by molar-refractivity contribution is 5.98. The molecule has 3 aliphatic rings. The molecule has 3 N–H and O–H groups in total. The van der Waals surface area contributed by atoms with Crippen LogP contribution in [0, 0.1) is 17.8 Å². The Morgan fingerprint density at radius 1 is 0.939 bits per heavy atom. The minimum Gasteiger partial charge on any atom is -0.349 e. The molecule has 6 nitrogen and oxygen atoms in total. The van der Waals surface area contributed by atoms with Crippen molar-refractivity contribution < 1.29 is 9.59 Å². The van der Waals surface area contributed by atoms with Gasteiger partial charge in [-0.3, -0.25) is 9.59 Å². The summed E-state index contributed by atoms with van der Waals surface area (Å²) >= 11 is 0. The number of aromatic amines is 1. The van der Waals surface area contributed by atoms with Crippen LogP contribution >= 0.6 is 0 Å². The highest BCUT2D eigenvalue weighted by Gasteiger charge is 2.43. The molecule has 6 rings (SSSR count). The summed E-state index contributed by atoms with van der Waals surface area (Å²) in [5, 5.41) is 6.25. The summed E-state index contributed by atoms with van der Waals surface area (Å²) in [5.41, 5.74) is 4.10. The summed E-state index contributed by atoms with van der Waals surface area (Å²) in [6, 6.07) is 13.7. The van der Waals surface area contributed by atoms with Gasteiger partial charge in [0, 0.05) is 28.8 Å². The van der Waals surface area contributed by atoms with Crippen molar-refractivity contribution in [3.63, 3.8) is 0 Å². The molecule has 170 valence electrons. The van der Waals surface area contributed by atoms with Crippen LogP contribution in [0.5, 0.6) is 0 Å². The highest BCUT2D eigenvalue weighted by Crippen LogP contribution is 2.48. The Bertz CT molecular complexity index is 1190. The van der Waals surface area contributed by atoms with Gasteiger partial charge in [-0.1, -0.05) is 19.3 Å². The van der Waals surface area contributed by atoms with E-state index >= 15 is 0 Å². The lowest BCUT2D eigenvalue weighted by Crippen LogP contribution is -2.32. The number of benzene rings is 2. The van der Waals surface area contributed by atoms with E-state index in [2.05, 4.69) is 15.6 Å². The molecule has 3 aliphatic carbocycles. The van der Waals surface area contributed by atoms with Crippen LogP contribution in [0.15, 0.2) is 42.5 Å². The van der Waals surface area contributed by atoms with Crippen LogP contribution in [0.1, 0.15) is 61.7 Å². The lowest BCUT2D eigenvalue weighted by atomic mass is 9.88. The SMILES string of the molecule is O=C(NC1CCCC1)c1ccc2nc(-c3ccc(NC(=O)C4CC5CCC4C5)cc3)[nH]c2c1. The summed E-state index contributed by atoms with van der Waals surface area (Å²) in [4.78, 5) is 33.4. The Hall–Kier alpha value is -3.15. The molecule has 3 saturated carbocycles. The molecule has 3 unspecified atom stereocenters. The molecular weight excluding hydrogens is 412 g/mol. The zero-order valence-electron chi connectivity index (χ0n) is 18.8. The molecule has 3 aromatic rings. The van der Waals surface area contributed by atoms with Gasteiger partial charge in [-0.25, -0.2) is 4.98 Å². The largest absolute Gasteiger partial charge is 0.349 e. The van der Waals surface area contributed by atoms with Crippen LogP contribution in [0.4, 0.5) is 5.69 Å². The van der Waals surface area contributed by atoms with E-state index in [1.165, 1.54) is 32.1 Å². The molecule has 33 heavy (non-hydrogen) atoms. The predicted octanol–water partition coefficient (Wildman–Crippen LogP) is 5.28.